The quantitative estimate of drug-likeness (QED) is 0.357. The fourth-order valence-electron chi connectivity index (χ4n) is 3.78. The van der Waals surface area contributed by atoms with Crippen molar-refractivity contribution in [2.75, 3.05) is 7.11 Å². The minimum Gasteiger partial charge on any atom is -0.497 e. The third-order valence-corrected chi connectivity index (χ3v) is 5.25. The van der Waals surface area contributed by atoms with Gasteiger partial charge < -0.3 is 14.1 Å². The van der Waals surface area contributed by atoms with Gasteiger partial charge in [0.15, 0.2) is 18.2 Å². The molecule has 1 aliphatic heterocycles. The molecule has 1 saturated heterocycles. The Morgan fingerprint density at radius 1 is 1.13 bits per heavy atom. The SMILES string of the molecule is COc1ccc(C2C(C(=O)c3ccc(C)o3)C(=O)C(=O)N2Cc2ccc[nH+]c2)cc1. The highest BCUT2D eigenvalue weighted by atomic mass is 16.5. The number of ketones is 2. The molecule has 3 heterocycles. The third kappa shape index (κ3) is 3.50. The summed E-state index contributed by atoms with van der Waals surface area (Å²) in [4.78, 5) is 43.5. The summed E-state index contributed by atoms with van der Waals surface area (Å²) in [6.45, 7) is 1.91. The minimum absolute atomic E-state index is 0.0760. The fraction of sp³-hybridized carbons (Fsp3) is 0.217. The molecule has 2 unspecified atom stereocenters. The van der Waals surface area contributed by atoms with Gasteiger partial charge in [-0.15, -0.1) is 0 Å². The van der Waals surface area contributed by atoms with Gasteiger partial charge in [-0.2, -0.15) is 0 Å². The summed E-state index contributed by atoms with van der Waals surface area (Å²) in [5.74, 6) is -1.80. The zero-order valence-corrected chi connectivity index (χ0v) is 16.6. The monoisotopic (exact) mass is 405 g/mol. The number of Topliss-reactive ketones (excluding diaryl/α,β-unsaturated/α-hetero) is 2. The minimum atomic E-state index is -1.18. The van der Waals surface area contributed by atoms with Crippen LogP contribution >= 0.6 is 0 Å². The van der Waals surface area contributed by atoms with E-state index in [1.807, 2.05) is 12.1 Å². The maximum absolute atomic E-state index is 13.2. The molecule has 152 valence electrons. The van der Waals surface area contributed by atoms with Crippen molar-refractivity contribution in [1.82, 2.24) is 4.90 Å². The van der Waals surface area contributed by atoms with Crippen molar-refractivity contribution >= 4 is 17.5 Å². The number of hydrogen-bond donors (Lipinski definition) is 0. The van der Waals surface area contributed by atoms with Gasteiger partial charge >= 0.3 is 0 Å². The van der Waals surface area contributed by atoms with Crippen LogP contribution in [-0.4, -0.2) is 29.5 Å². The number of nitrogens with one attached hydrogen (secondary N) is 1. The second-order valence-electron chi connectivity index (χ2n) is 7.18. The topological polar surface area (TPSA) is 91.0 Å². The fourth-order valence-corrected chi connectivity index (χ4v) is 3.78. The van der Waals surface area contributed by atoms with Gasteiger partial charge in [0, 0.05) is 11.6 Å². The Kier molecular flexibility index (Phi) is 5.18. The van der Waals surface area contributed by atoms with Crippen molar-refractivity contribution in [2.24, 2.45) is 5.92 Å². The summed E-state index contributed by atoms with van der Waals surface area (Å²) in [6.07, 6.45) is 3.51. The first-order valence-electron chi connectivity index (χ1n) is 9.54. The number of aryl methyl sites for hydroxylation is 1. The van der Waals surface area contributed by atoms with E-state index in [0.29, 0.717) is 17.1 Å². The van der Waals surface area contributed by atoms with Crippen LogP contribution < -0.4 is 9.72 Å². The number of benzene rings is 1. The van der Waals surface area contributed by atoms with Crippen molar-refractivity contribution in [3.8, 4) is 5.75 Å². The van der Waals surface area contributed by atoms with Crippen LogP contribution in [-0.2, 0) is 16.1 Å². The van der Waals surface area contributed by atoms with Crippen LogP contribution in [0.15, 0.2) is 65.3 Å². The van der Waals surface area contributed by atoms with Gasteiger partial charge in [-0.25, -0.2) is 4.98 Å². The van der Waals surface area contributed by atoms with Crippen molar-refractivity contribution in [3.63, 3.8) is 0 Å². The van der Waals surface area contributed by atoms with Gasteiger partial charge in [0.2, 0.25) is 11.6 Å². The molecule has 0 bridgehead atoms. The molecule has 0 spiro atoms. The van der Waals surface area contributed by atoms with E-state index < -0.39 is 29.4 Å². The summed E-state index contributed by atoms with van der Waals surface area (Å²) in [7, 11) is 1.56. The molecular formula is C23H21N2O5+. The number of carbonyl (C=O) groups is 3. The van der Waals surface area contributed by atoms with Gasteiger partial charge in [0.25, 0.3) is 5.91 Å². The van der Waals surface area contributed by atoms with E-state index in [9.17, 15) is 14.4 Å². The number of pyridine rings is 1. The maximum Gasteiger partial charge on any atom is 0.291 e. The number of rotatable bonds is 6. The lowest BCUT2D eigenvalue weighted by Crippen LogP contribution is -2.30. The first kappa shape index (κ1) is 19.6. The summed E-state index contributed by atoms with van der Waals surface area (Å²) < 4.78 is 10.7. The van der Waals surface area contributed by atoms with Crippen molar-refractivity contribution in [2.45, 2.75) is 19.5 Å². The molecule has 1 N–H and O–H groups in total. The average molecular weight is 405 g/mol. The number of furan rings is 1. The molecular weight excluding hydrogens is 384 g/mol. The van der Waals surface area contributed by atoms with Gasteiger partial charge in [0.1, 0.15) is 17.4 Å². The van der Waals surface area contributed by atoms with Crippen LogP contribution in [0.3, 0.4) is 0 Å². The molecule has 1 aliphatic rings. The molecule has 0 saturated carbocycles. The second kappa shape index (κ2) is 7.94. The number of aromatic amines is 1. The Balaban J connectivity index is 1.77. The summed E-state index contributed by atoms with van der Waals surface area (Å²) in [5.41, 5.74) is 1.50. The Morgan fingerprint density at radius 3 is 2.50 bits per heavy atom. The number of amides is 1. The molecule has 7 nitrogen and oxygen atoms in total. The molecule has 1 aromatic carbocycles. The lowest BCUT2D eigenvalue weighted by molar-refractivity contribution is -0.378. The van der Waals surface area contributed by atoms with E-state index in [0.717, 1.165) is 5.56 Å². The highest BCUT2D eigenvalue weighted by Gasteiger charge is 2.52. The van der Waals surface area contributed by atoms with Crippen LogP contribution in [0.4, 0.5) is 0 Å². The second-order valence-corrected chi connectivity index (χ2v) is 7.18. The van der Waals surface area contributed by atoms with E-state index in [1.54, 1.807) is 56.8 Å². The zero-order valence-electron chi connectivity index (χ0n) is 16.6. The summed E-state index contributed by atoms with van der Waals surface area (Å²) in [6, 6.07) is 13.2. The highest BCUT2D eigenvalue weighted by molar-refractivity contribution is 6.43. The predicted octanol–water partition coefficient (Wildman–Crippen LogP) is 2.56. The number of ether oxygens (including phenoxy) is 1. The lowest BCUT2D eigenvalue weighted by Gasteiger charge is -2.26. The zero-order chi connectivity index (χ0) is 21.3. The third-order valence-electron chi connectivity index (χ3n) is 5.25. The number of aromatic nitrogens is 1. The summed E-state index contributed by atoms with van der Waals surface area (Å²) in [5, 5.41) is 0. The molecule has 7 heteroatoms. The van der Waals surface area contributed by atoms with Crippen LogP contribution in [0.1, 0.15) is 33.5 Å². The van der Waals surface area contributed by atoms with Gasteiger partial charge in [-0.1, -0.05) is 12.1 Å². The van der Waals surface area contributed by atoms with Crippen LogP contribution in [0.25, 0.3) is 0 Å². The van der Waals surface area contributed by atoms with E-state index in [1.165, 1.54) is 11.0 Å². The molecule has 30 heavy (non-hydrogen) atoms. The van der Waals surface area contributed by atoms with Crippen molar-refractivity contribution in [3.05, 3.63) is 83.6 Å². The number of hydrogen-bond acceptors (Lipinski definition) is 5. The number of carbonyl (C=O) groups excluding carboxylic acids is 3. The van der Waals surface area contributed by atoms with Crippen LogP contribution in [0.2, 0.25) is 0 Å². The van der Waals surface area contributed by atoms with E-state index in [4.69, 9.17) is 9.15 Å². The number of nitrogens with zero attached hydrogens (tertiary/aromatic N) is 1. The Labute approximate surface area is 173 Å². The normalized spacial score (nSPS) is 18.7. The number of H-pyrrole nitrogens is 1. The average Bonchev–Trinajstić information content (AvgIpc) is 3.31. The molecule has 0 radical (unpaired) electrons. The van der Waals surface area contributed by atoms with Crippen molar-refractivity contribution in [1.29, 1.82) is 0 Å². The Morgan fingerprint density at radius 2 is 1.90 bits per heavy atom. The van der Waals surface area contributed by atoms with Crippen LogP contribution in [0, 0.1) is 12.8 Å². The molecule has 3 aromatic rings. The highest BCUT2D eigenvalue weighted by Crippen LogP contribution is 2.39. The number of likely N-dealkylation sites (tertiary alicyclic amines) is 1. The van der Waals surface area contributed by atoms with Crippen molar-refractivity contribution < 1.29 is 28.5 Å². The molecule has 4 rings (SSSR count). The molecule has 0 aliphatic carbocycles. The first-order valence-corrected chi connectivity index (χ1v) is 9.54. The van der Waals surface area contributed by atoms with E-state index in [-0.39, 0.29) is 12.3 Å². The maximum atomic E-state index is 13.2. The lowest BCUT2D eigenvalue weighted by atomic mass is 9.88. The van der Waals surface area contributed by atoms with Gasteiger partial charge in [-0.05, 0) is 42.8 Å². The van der Waals surface area contributed by atoms with Crippen LogP contribution in [0.5, 0.6) is 5.75 Å². The van der Waals surface area contributed by atoms with E-state index >= 15 is 0 Å². The number of methoxy groups -OCH3 is 1. The Hall–Kier alpha value is -3.74. The summed E-state index contributed by atoms with van der Waals surface area (Å²) >= 11 is 0. The molecule has 2 aromatic heterocycles. The predicted molar refractivity (Wildman–Crippen MR) is 106 cm³/mol. The van der Waals surface area contributed by atoms with E-state index in [2.05, 4.69) is 4.98 Å². The molecule has 2 atom stereocenters. The molecule has 1 amide bonds. The Bertz CT molecular complexity index is 1090. The first-order chi connectivity index (χ1) is 14.5. The standard InChI is InChI=1S/C23H20N2O5/c1-14-5-10-18(30-14)21(26)19-20(16-6-8-17(29-2)9-7-16)25(23(28)22(19)27)13-15-4-3-11-24-12-15/h3-12,19-20H,13H2,1-2H3/p+1. The van der Waals surface area contributed by atoms with Gasteiger partial charge in [-0.3, -0.25) is 14.4 Å². The molecule has 1 fully saturated rings. The van der Waals surface area contributed by atoms with Gasteiger partial charge in [0.05, 0.1) is 19.7 Å². The largest absolute Gasteiger partial charge is 0.497 e. The smallest absolute Gasteiger partial charge is 0.291 e.